The first-order valence-electron chi connectivity index (χ1n) is 13.5. The normalized spacial score (nSPS) is 23.4. The second-order valence-corrected chi connectivity index (χ2v) is 12.8. The molecule has 3 aliphatic rings. The molecule has 5 atom stereocenters. The first-order chi connectivity index (χ1) is 19.1. The first kappa shape index (κ1) is 28.6. The van der Waals surface area contributed by atoms with Crippen LogP contribution in [0.1, 0.15) is 25.8 Å². The van der Waals surface area contributed by atoms with Crippen LogP contribution in [0.2, 0.25) is 0 Å². The van der Waals surface area contributed by atoms with Crippen LogP contribution in [0.4, 0.5) is 4.79 Å². The van der Waals surface area contributed by atoms with Crippen molar-refractivity contribution in [1.29, 1.82) is 0 Å². The molecule has 0 unspecified atom stereocenters. The van der Waals surface area contributed by atoms with Gasteiger partial charge in [0.2, 0.25) is 16.8 Å². The van der Waals surface area contributed by atoms with Gasteiger partial charge in [-0.05, 0) is 36.5 Å². The Morgan fingerprint density at radius 3 is 2.52 bits per heavy atom. The molecule has 40 heavy (non-hydrogen) atoms. The highest BCUT2D eigenvalue weighted by Crippen LogP contribution is 2.37. The van der Waals surface area contributed by atoms with E-state index < -0.39 is 40.6 Å². The molecule has 2 aromatic rings. The molecule has 2 aromatic carbocycles. The molecule has 11 nitrogen and oxygen atoms in total. The topological polar surface area (TPSA) is 135 Å². The molecule has 0 saturated carbocycles. The van der Waals surface area contributed by atoms with Crippen molar-refractivity contribution in [3.05, 3.63) is 54.1 Å². The summed E-state index contributed by atoms with van der Waals surface area (Å²) >= 11 is 0. The summed E-state index contributed by atoms with van der Waals surface area (Å²) in [6.45, 7) is 4.23. The second-order valence-electron chi connectivity index (χ2n) is 10.8. The van der Waals surface area contributed by atoms with Crippen molar-refractivity contribution < 1.29 is 42.4 Å². The van der Waals surface area contributed by atoms with E-state index in [2.05, 4.69) is 0 Å². The van der Waals surface area contributed by atoms with Crippen LogP contribution in [0.15, 0.2) is 53.4 Å². The lowest BCUT2D eigenvalue weighted by Gasteiger charge is -2.39. The number of carbonyl (C=O) groups is 1. The van der Waals surface area contributed by atoms with E-state index in [1.165, 1.54) is 21.3 Å². The van der Waals surface area contributed by atoms with E-state index in [9.17, 15) is 23.4 Å². The molecule has 2 N–H and O–H groups in total. The number of aliphatic hydroxyl groups is 1. The zero-order valence-electron chi connectivity index (χ0n) is 22.6. The molecule has 3 aliphatic heterocycles. The summed E-state index contributed by atoms with van der Waals surface area (Å²) in [6, 6.07) is 12.2. The van der Waals surface area contributed by atoms with E-state index in [0.717, 1.165) is 5.56 Å². The van der Waals surface area contributed by atoms with Crippen LogP contribution in [0, 0.1) is 11.8 Å². The van der Waals surface area contributed by atoms with Gasteiger partial charge in [-0.2, -0.15) is 4.31 Å². The number of hydrogen-bond donors (Lipinski definition) is 2. The zero-order valence-corrected chi connectivity index (χ0v) is 23.4. The Labute approximate surface area is 234 Å². The van der Waals surface area contributed by atoms with Crippen molar-refractivity contribution in [2.45, 2.75) is 56.1 Å². The Kier molecular flexibility index (Phi) is 8.52. The maximum atomic E-state index is 13.8. The van der Waals surface area contributed by atoms with Crippen molar-refractivity contribution >= 4 is 16.1 Å². The number of sulfonamides is 1. The van der Waals surface area contributed by atoms with Crippen molar-refractivity contribution in [1.82, 2.24) is 9.21 Å². The molecule has 0 aliphatic carbocycles. The summed E-state index contributed by atoms with van der Waals surface area (Å²) in [5, 5.41) is 22.1. The Balaban J connectivity index is 1.46. The van der Waals surface area contributed by atoms with Crippen LogP contribution in [0.3, 0.4) is 0 Å². The highest BCUT2D eigenvalue weighted by atomic mass is 32.2. The highest BCUT2D eigenvalue weighted by Gasteiger charge is 2.49. The van der Waals surface area contributed by atoms with Gasteiger partial charge in [0, 0.05) is 25.1 Å². The average Bonchev–Trinajstić information content (AvgIpc) is 3.66. The van der Waals surface area contributed by atoms with Gasteiger partial charge < -0.3 is 29.2 Å². The maximum Gasteiger partial charge on any atom is 0.407 e. The van der Waals surface area contributed by atoms with E-state index in [-0.39, 0.29) is 49.6 Å². The van der Waals surface area contributed by atoms with E-state index in [1.54, 1.807) is 6.07 Å². The lowest BCUT2D eigenvalue weighted by Crippen LogP contribution is -2.57. The van der Waals surface area contributed by atoms with E-state index in [0.29, 0.717) is 24.5 Å². The summed E-state index contributed by atoms with van der Waals surface area (Å²) in [6.07, 6.45) is -2.17. The van der Waals surface area contributed by atoms with Crippen LogP contribution in [0.25, 0.3) is 0 Å². The third-order valence-corrected chi connectivity index (χ3v) is 9.44. The summed E-state index contributed by atoms with van der Waals surface area (Å²) in [4.78, 5) is 14.0. The van der Waals surface area contributed by atoms with Crippen molar-refractivity contribution in [3.8, 4) is 11.5 Å². The molecule has 218 valence electrons. The number of hydrogen-bond acceptors (Lipinski definition) is 8. The van der Waals surface area contributed by atoms with Crippen LogP contribution in [0.5, 0.6) is 11.5 Å². The predicted octanol–water partition coefficient (Wildman–Crippen LogP) is 2.78. The van der Waals surface area contributed by atoms with Gasteiger partial charge in [0.1, 0.15) is 0 Å². The number of fused-ring (bicyclic) bond motifs is 2. The fourth-order valence-corrected chi connectivity index (χ4v) is 7.37. The monoisotopic (exact) mass is 576 g/mol. The average molecular weight is 577 g/mol. The minimum absolute atomic E-state index is 0.00874. The minimum atomic E-state index is -4.07. The first-order valence-corrected chi connectivity index (χ1v) is 15.0. The number of carboxylic acid groups (broad SMARTS) is 1. The molecule has 0 radical (unpaired) electrons. The summed E-state index contributed by atoms with van der Waals surface area (Å²) in [5.74, 6) is 0.576. The lowest BCUT2D eigenvalue weighted by atomic mass is 9.93. The molecule has 0 bridgehead atoms. The van der Waals surface area contributed by atoms with E-state index in [4.69, 9.17) is 18.9 Å². The summed E-state index contributed by atoms with van der Waals surface area (Å²) < 4.78 is 51.0. The van der Waals surface area contributed by atoms with Gasteiger partial charge in [0.25, 0.3) is 0 Å². The van der Waals surface area contributed by atoms with Crippen LogP contribution in [-0.2, 0) is 25.9 Å². The molecule has 2 fully saturated rings. The Morgan fingerprint density at radius 1 is 1.05 bits per heavy atom. The van der Waals surface area contributed by atoms with Gasteiger partial charge in [0.05, 0.1) is 36.3 Å². The number of benzene rings is 2. The van der Waals surface area contributed by atoms with Gasteiger partial charge >= 0.3 is 6.09 Å². The molecule has 0 aromatic heterocycles. The number of ether oxygens (including phenoxy) is 4. The van der Waals surface area contributed by atoms with Crippen molar-refractivity contribution in [2.75, 3.05) is 33.1 Å². The van der Waals surface area contributed by atoms with Gasteiger partial charge in [-0.25, -0.2) is 13.2 Å². The fourth-order valence-electron chi connectivity index (χ4n) is 5.73. The predicted molar refractivity (Wildman–Crippen MR) is 144 cm³/mol. The maximum absolute atomic E-state index is 13.8. The second kappa shape index (κ2) is 11.9. The Morgan fingerprint density at radius 2 is 1.80 bits per heavy atom. The molecular formula is C28H36N2O9S. The van der Waals surface area contributed by atoms with E-state index >= 15 is 0 Å². The van der Waals surface area contributed by atoms with Crippen molar-refractivity contribution in [3.63, 3.8) is 0 Å². The fraction of sp³-hybridized carbons (Fsp3) is 0.536. The van der Waals surface area contributed by atoms with Gasteiger partial charge in [-0.3, -0.25) is 4.90 Å². The Hall–Kier alpha value is -2.90. The van der Waals surface area contributed by atoms with E-state index in [1.807, 2.05) is 44.2 Å². The smallest absolute Gasteiger partial charge is 0.407 e. The molecule has 3 heterocycles. The largest absolute Gasteiger partial charge is 0.465 e. The summed E-state index contributed by atoms with van der Waals surface area (Å²) in [7, 11) is -4.07. The number of amides is 1. The minimum Gasteiger partial charge on any atom is -0.465 e. The molecular weight excluding hydrogens is 540 g/mol. The highest BCUT2D eigenvalue weighted by molar-refractivity contribution is 7.89. The van der Waals surface area contributed by atoms with Crippen LogP contribution >= 0.6 is 0 Å². The quantitative estimate of drug-likeness (QED) is 0.414. The zero-order chi connectivity index (χ0) is 28.4. The number of nitrogens with zero attached hydrogens (tertiary/aromatic N) is 2. The van der Waals surface area contributed by atoms with Crippen LogP contribution in [-0.4, -0.2) is 91.5 Å². The lowest BCUT2D eigenvalue weighted by molar-refractivity contribution is -0.0906. The molecule has 12 heteroatoms. The molecule has 0 spiro atoms. The van der Waals surface area contributed by atoms with Gasteiger partial charge in [-0.15, -0.1) is 0 Å². The third-order valence-electron chi connectivity index (χ3n) is 7.62. The Bertz CT molecular complexity index is 1290. The SMILES string of the molecule is CC(C)CN(C[C@@H](O)[C@H](Cc1ccccc1)N(C(=O)O)[C@H]1CO[C@H]2OCC[C@H]21)S(=O)(=O)c1ccc2c(c1)OCO2. The van der Waals surface area contributed by atoms with Gasteiger partial charge in [-0.1, -0.05) is 44.2 Å². The van der Waals surface area contributed by atoms with Crippen LogP contribution < -0.4 is 9.47 Å². The van der Waals surface area contributed by atoms with Crippen molar-refractivity contribution in [2.24, 2.45) is 11.8 Å². The number of aliphatic hydroxyl groups excluding tert-OH is 1. The summed E-state index contributed by atoms with van der Waals surface area (Å²) in [5.41, 5.74) is 0.824. The third kappa shape index (κ3) is 5.91. The standard InChI is InChI=1S/C28H36N2O9S/c1-18(2)14-29(40(34,35)20-8-9-25-26(13-20)39-17-38-25)15-24(31)22(12-19-6-4-3-5-7-19)30(28(32)33)23-16-37-27-21(23)10-11-36-27/h3-9,13,18,21-24,27,31H,10-12,14-17H2,1-2H3,(H,32,33)/t21-,22-,23-,24+,27+/m0/s1. The molecule has 5 rings (SSSR count). The molecule has 1 amide bonds. The number of rotatable bonds is 11. The van der Waals surface area contributed by atoms with Gasteiger partial charge in [0.15, 0.2) is 17.8 Å². The molecule has 2 saturated heterocycles.